The van der Waals surface area contributed by atoms with E-state index in [9.17, 15) is 4.79 Å². The zero-order valence-corrected chi connectivity index (χ0v) is 16.3. The maximum atomic E-state index is 13.0. The summed E-state index contributed by atoms with van der Waals surface area (Å²) < 4.78 is 5.97. The zero-order valence-electron chi connectivity index (χ0n) is 14.7. The Bertz CT molecular complexity index is 829. The maximum Gasteiger partial charge on any atom is 0.232 e. The van der Waals surface area contributed by atoms with Crippen molar-refractivity contribution < 1.29 is 9.53 Å². The second-order valence-electron chi connectivity index (χ2n) is 6.74. The summed E-state index contributed by atoms with van der Waals surface area (Å²) in [5.74, 6) is 1.37. The van der Waals surface area contributed by atoms with Gasteiger partial charge in [0.2, 0.25) is 17.7 Å². The number of carbonyl (C=O) groups excluding carboxylic acids is 1. The Morgan fingerprint density at radius 3 is 2.88 bits per heavy atom. The van der Waals surface area contributed by atoms with E-state index in [2.05, 4.69) is 49.0 Å². The van der Waals surface area contributed by atoms with Crippen LogP contribution in [0.3, 0.4) is 0 Å². The first-order valence-corrected chi connectivity index (χ1v) is 9.62. The number of aromatic nitrogens is 2. The SMILES string of the molecule is COc1nc(N2CCC(C(=O)N3CCc4ccccc4C3)C2)ncc1Br. The van der Waals surface area contributed by atoms with E-state index in [0.717, 1.165) is 30.4 Å². The molecule has 3 heterocycles. The van der Waals surface area contributed by atoms with Crippen LogP contribution in [0.4, 0.5) is 5.95 Å². The van der Waals surface area contributed by atoms with Crippen molar-refractivity contribution in [1.29, 1.82) is 0 Å². The number of fused-ring (bicyclic) bond motifs is 1. The molecule has 0 aliphatic carbocycles. The minimum absolute atomic E-state index is 0.00139. The van der Waals surface area contributed by atoms with Gasteiger partial charge in [0.1, 0.15) is 0 Å². The van der Waals surface area contributed by atoms with Crippen molar-refractivity contribution in [1.82, 2.24) is 14.9 Å². The lowest BCUT2D eigenvalue weighted by atomic mass is 9.98. The first-order valence-electron chi connectivity index (χ1n) is 8.82. The molecule has 1 amide bonds. The van der Waals surface area contributed by atoms with Gasteiger partial charge >= 0.3 is 0 Å². The number of hydrogen-bond acceptors (Lipinski definition) is 5. The molecule has 6 nitrogen and oxygen atoms in total. The van der Waals surface area contributed by atoms with E-state index >= 15 is 0 Å². The van der Waals surface area contributed by atoms with Gasteiger partial charge in [-0.25, -0.2) is 4.98 Å². The Hall–Kier alpha value is -2.15. The molecular formula is C19H21BrN4O2. The van der Waals surface area contributed by atoms with Crippen LogP contribution in [-0.4, -0.2) is 47.5 Å². The molecule has 4 rings (SSSR count). The van der Waals surface area contributed by atoms with Gasteiger partial charge in [0.25, 0.3) is 0 Å². The Labute approximate surface area is 161 Å². The first kappa shape index (κ1) is 17.3. The zero-order chi connectivity index (χ0) is 18.1. The number of anilines is 1. The smallest absolute Gasteiger partial charge is 0.232 e. The summed E-state index contributed by atoms with van der Waals surface area (Å²) in [5.41, 5.74) is 2.63. The quantitative estimate of drug-likeness (QED) is 0.769. The molecule has 1 aromatic heterocycles. The van der Waals surface area contributed by atoms with Gasteiger partial charge < -0.3 is 14.5 Å². The van der Waals surface area contributed by atoms with Crippen molar-refractivity contribution in [2.45, 2.75) is 19.4 Å². The van der Waals surface area contributed by atoms with Crippen molar-refractivity contribution in [3.63, 3.8) is 0 Å². The summed E-state index contributed by atoms with van der Waals surface area (Å²) in [6.07, 6.45) is 3.46. The second-order valence-corrected chi connectivity index (χ2v) is 7.59. The molecule has 2 aliphatic rings. The molecule has 0 N–H and O–H groups in total. The lowest BCUT2D eigenvalue weighted by Crippen LogP contribution is -2.40. The molecule has 0 bridgehead atoms. The molecule has 2 aromatic rings. The van der Waals surface area contributed by atoms with Crippen molar-refractivity contribution in [3.8, 4) is 5.88 Å². The van der Waals surface area contributed by atoms with Crippen molar-refractivity contribution in [3.05, 3.63) is 46.1 Å². The van der Waals surface area contributed by atoms with Crippen LogP contribution >= 0.6 is 15.9 Å². The second kappa shape index (κ2) is 7.23. The monoisotopic (exact) mass is 416 g/mol. The van der Waals surface area contributed by atoms with Gasteiger partial charge in [-0.05, 0) is 39.9 Å². The minimum Gasteiger partial charge on any atom is -0.480 e. The van der Waals surface area contributed by atoms with Crippen LogP contribution in [0.25, 0.3) is 0 Å². The number of methoxy groups -OCH3 is 1. The summed E-state index contributed by atoms with van der Waals surface area (Å²) in [5, 5.41) is 0. The van der Waals surface area contributed by atoms with Crippen molar-refractivity contribution in [2.24, 2.45) is 5.92 Å². The summed E-state index contributed by atoms with van der Waals surface area (Å²) in [7, 11) is 1.58. The molecule has 136 valence electrons. The number of amides is 1. The molecule has 0 radical (unpaired) electrons. The van der Waals surface area contributed by atoms with Crippen LogP contribution in [0, 0.1) is 5.92 Å². The third-order valence-electron chi connectivity index (χ3n) is 5.16. The third-order valence-corrected chi connectivity index (χ3v) is 5.70. The lowest BCUT2D eigenvalue weighted by Gasteiger charge is -2.31. The van der Waals surface area contributed by atoms with Crippen LogP contribution in [0.2, 0.25) is 0 Å². The molecule has 1 fully saturated rings. The number of rotatable bonds is 3. The standard InChI is InChI=1S/C19H21BrN4O2/c1-26-17-16(20)10-21-19(22-17)24-9-7-15(12-24)18(25)23-8-6-13-4-2-3-5-14(13)11-23/h2-5,10,15H,6-9,11-12H2,1H3. The average Bonchev–Trinajstić information content (AvgIpc) is 3.17. The minimum atomic E-state index is -0.00139. The molecule has 1 aromatic carbocycles. The van der Waals surface area contributed by atoms with Crippen LogP contribution in [0.15, 0.2) is 34.9 Å². The van der Waals surface area contributed by atoms with E-state index < -0.39 is 0 Å². The van der Waals surface area contributed by atoms with E-state index in [-0.39, 0.29) is 11.8 Å². The Balaban J connectivity index is 1.43. The number of carbonyl (C=O) groups is 1. The van der Waals surface area contributed by atoms with Crippen molar-refractivity contribution >= 4 is 27.8 Å². The Morgan fingerprint density at radius 1 is 1.27 bits per heavy atom. The fourth-order valence-electron chi connectivity index (χ4n) is 3.72. The third kappa shape index (κ3) is 3.28. The van der Waals surface area contributed by atoms with E-state index in [0.29, 0.717) is 24.9 Å². The van der Waals surface area contributed by atoms with Crippen LogP contribution in [0.1, 0.15) is 17.5 Å². The molecule has 0 spiro atoms. The normalized spacial score (nSPS) is 19.4. The molecule has 1 saturated heterocycles. The Kier molecular flexibility index (Phi) is 4.80. The topological polar surface area (TPSA) is 58.6 Å². The lowest BCUT2D eigenvalue weighted by molar-refractivity contribution is -0.135. The highest BCUT2D eigenvalue weighted by Crippen LogP contribution is 2.28. The van der Waals surface area contributed by atoms with E-state index in [1.54, 1.807) is 13.3 Å². The highest BCUT2D eigenvalue weighted by atomic mass is 79.9. The average molecular weight is 417 g/mol. The van der Waals surface area contributed by atoms with Crippen LogP contribution in [0.5, 0.6) is 5.88 Å². The summed E-state index contributed by atoms with van der Waals surface area (Å²) in [4.78, 5) is 25.9. The fraction of sp³-hybridized carbons (Fsp3) is 0.421. The molecule has 2 aliphatic heterocycles. The predicted octanol–water partition coefficient (Wildman–Crippen LogP) is 2.66. The molecule has 1 atom stereocenters. The summed E-state index contributed by atoms with van der Waals surface area (Å²) >= 11 is 3.37. The van der Waals surface area contributed by atoms with Gasteiger partial charge in [0, 0.05) is 26.2 Å². The molecule has 0 saturated carbocycles. The summed E-state index contributed by atoms with van der Waals surface area (Å²) in [6.45, 7) is 2.95. The highest BCUT2D eigenvalue weighted by molar-refractivity contribution is 9.10. The van der Waals surface area contributed by atoms with Gasteiger partial charge in [-0.15, -0.1) is 0 Å². The predicted molar refractivity (Wildman–Crippen MR) is 102 cm³/mol. The summed E-state index contributed by atoms with van der Waals surface area (Å²) in [6, 6.07) is 8.39. The maximum absolute atomic E-state index is 13.0. The number of nitrogens with zero attached hydrogens (tertiary/aromatic N) is 4. The first-order chi connectivity index (χ1) is 12.7. The van der Waals surface area contributed by atoms with E-state index in [1.165, 1.54) is 11.1 Å². The number of halogens is 1. The molecular weight excluding hydrogens is 396 g/mol. The largest absolute Gasteiger partial charge is 0.480 e. The van der Waals surface area contributed by atoms with Gasteiger partial charge in [-0.2, -0.15) is 4.98 Å². The van der Waals surface area contributed by atoms with Gasteiger partial charge in [-0.3, -0.25) is 4.79 Å². The van der Waals surface area contributed by atoms with Crippen LogP contribution in [-0.2, 0) is 17.8 Å². The number of benzene rings is 1. The molecule has 1 unspecified atom stereocenters. The Morgan fingerprint density at radius 2 is 2.08 bits per heavy atom. The van der Waals surface area contributed by atoms with Gasteiger partial charge in [0.05, 0.1) is 23.7 Å². The highest BCUT2D eigenvalue weighted by Gasteiger charge is 2.33. The van der Waals surface area contributed by atoms with Crippen molar-refractivity contribution in [2.75, 3.05) is 31.6 Å². The fourth-order valence-corrected chi connectivity index (χ4v) is 4.08. The van der Waals surface area contributed by atoms with Gasteiger partial charge in [0.15, 0.2) is 0 Å². The van der Waals surface area contributed by atoms with Crippen LogP contribution < -0.4 is 9.64 Å². The number of ether oxygens (including phenoxy) is 1. The van der Waals surface area contributed by atoms with E-state index in [4.69, 9.17) is 4.74 Å². The van der Waals surface area contributed by atoms with Gasteiger partial charge in [-0.1, -0.05) is 24.3 Å². The molecule has 7 heteroatoms. The van der Waals surface area contributed by atoms with E-state index in [1.807, 2.05) is 11.0 Å². The number of hydrogen-bond donors (Lipinski definition) is 0. The molecule has 26 heavy (non-hydrogen) atoms.